The first-order valence-electron chi connectivity index (χ1n) is 10.9. The highest BCUT2D eigenvalue weighted by atomic mass is 127. The van der Waals surface area contributed by atoms with Gasteiger partial charge in [-0.05, 0) is 35.4 Å². The van der Waals surface area contributed by atoms with Crippen LogP contribution < -0.4 is 47.7 Å². The maximum absolute atomic E-state index is 9.53. The lowest BCUT2D eigenvalue weighted by Gasteiger charge is -2.46. The minimum Gasteiger partial charge on any atom is -1.00 e. The molecule has 2 unspecified atom stereocenters. The maximum Gasteiger partial charge on any atom is 0.203 e. The van der Waals surface area contributed by atoms with Gasteiger partial charge in [0.15, 0.2) is 23.0 Å². The van der Waals surface area contributed by atoms with Gasteiger partial charge in [-0.25, -0.2) is 0 Å². The number of nitrogens with zero attached hydrogens (tertiary/aromatic N) is 1. The molecule has 0 aliphatic carbocycles. The predicted octanol–water partition coefficient (Wildman–Crippen LogP) is 0.403. The van der Waals surface area contributed by atoms with Gasteiger partial charge in [-0.3, -0.25) is 0 Å². The molecule has 33 heavy (non-hydrogen) atoms. The summed E-state index contributed by atoms with van der Waals surface area (Å²) in [6.45, 7) is 2.06. The average molecular weight is 573 g/mol. The molecule has 1 aliphatic rings. The zero-order valence-electron chi connectivity index (χ0n) is 20.4. The van der Waals surface area contributed by atoms with E-state index in [0.717, 1.165) is 53.9 Å². The lowest BCUT2D eigenvalue weighted by Crippen LogP contribution is -3.00. The van der Waals surface area contributed by atoms with Crippen LogP contribution in [-0.2, 0) is 12.8 Å². The number of hydrogen-bond acceptors (Lipinski definition) is 6. The number of benzene rings is 2. The van der Waals surface area contributed by atoms with Crippen LogP contribution in [0.25, 0.3) is 0 Å². The van der Waals surface area contributed by atoms with Crippen LogP contribution in [0, 0.1) is 0 Å². The Morgan fingerprint density at radius 1 is 0.848 bits per heavy atom. The van der Waals surface area contributed by atoms with Crippen LogP contribution in [-0.4, -0.2) is 71.9 Å². The Morgan fingerprint density at radius 3 is 1.94 bits per heavy atom. The van der Waals surface area contributed by atoms with E-state index in [4.69, 9.17) is 23.7 Å². The first-order valence-corrected chi connectivity index (χ1v) is 10.9. The molecule has 0 spiro atoms. The van der Waals surface area contributed by atoms with E-state index in [1.165, 1.54) is 11.1 Å². The summed E-state index contributed by atoms with van der Waals surface area (Å²) >= 11 is 0. The minimum absolute atomic E-state index is 0. The highest BCUT2D eigenvalue weighted by molar-refractivity contribution is 5.54. The van der Waals surface area contributed by atoms with Gasteiger partial charge in [-0.15, -0.1) is 0 Å². The van der Waals surface area contributed by atoms with Gasteiger partial charge in [-0.1, -0.05) is 0 Å². The van der Waals surface area contributed by atoms with E-state index in [0.29, 0.717) is 17.2 Å². The number of methoxy groups -OCH3 is 5. The van der Waals surface area contributed by atoms with Gasteiger partial charge in [0, 0.05) is 31.4 Å². The summed E-state index contributed by atoms with van der Waals surface area (Å²) in [6.07, 6.45) is 2.48. The van der Waals surface area contributed by atoms with Crippen molar-refractivity contribution in [3.63, 3.8) is 0 Å². The number of ether oxygens (including phenoxy) is 5. The van der Waals surface area contributed by atoms with Crippen LogP contribution in [0.4, 0.5) is 0 Å². The molecule has 1 heterocycles. The number of hydrogen-bond donors (Lipinski definition) is 1. The summed E-state index contributed by atoms with van der Waals surface area (Å²) in [4.78, 5) is 0. The summed E-state index contributed by atoms with van der Waals surface area (Å²) in [7, 11) is 10.5. The Labute approximate surface area is 214 Å². The van der Waals surface area contributed by atoms with E-state index in [1.807, 2.05) is 12.1 Å². The van der Waals surface area contributed by atoms with Crippen LogP contribution in [0.15, 0.2) is 24.3 Å². The van der Waals surface area contributed by atoms with Crippen LogP contribution in [0.5, 0.6) is 28.7 Å². The van der Waals surface area contributed by atoms with Gasteiger partial charge < -0.3 is 57.3 Å². The van der Waals surface area contributed by atoms with E-state index >= 15 is 0 Å². The lowest BCUT2D eigenvalue weighted by atomic mass is 9.86. The quantitative estimate of drug-likeness (QED) is 0.328. The molecule has 0 amide bonds. The molecule has 2 atom stereocenters. The van der Waals surface area contributed by atoms with Gasteiger partial charge in [0.25, 0.3) is 0 Å². The number of aliphatic hydroxyl groups excluding tert-OH is 1. The Balaban J connectivity index is 0.00000385. The molecule has 3 rings (SSSR count). The van der Waals surface area contributed by atoms with Crippen molar-refractivity contribution < 1.29 is 57.3 Å². The summed E-state index contributed by atoms with van der Waals surface area (Å²) in [6, 6.07) is 8.43. The van der Waals surface area contributed by atoms with Crippen molar-refractivity contribution in [1.82, 2.24) is 0 Å². The molecule has 0 aromatic heterocycles. The van der Waals surface area contributed by atoms with Gasteiger partial charge in [0.2, 0.25) is 5.75 Å². The fourth-order valence-corrected chi connectivity index (χ4v) is 4.84. The topological polar surface area (TPSA) is 66.4 Å². The molecule has 0 saturated heterocycles. The van der Waals surface area contributed by atoms with Crippen molar-refractivity contribution >= 4 is 0 Å². The van der Waals surface area contributed by atoms with Crippen molar-refractivity contribution in [1.29, 1.82) is 0 Å². The minimum atomic E-state index is 0. The van der Waals surface area contributed by atoms with Gasteiger partial charge >= 0.3 is 0 Å². The molecule has 0 bridgehead atoms. The van der Waals surface area contributed by atoms with Crippen molar-refractivity contribution in [2.75, 3.05) is 62.3 Å². The Hall–Kier alpha value is -1.91. The molecule has 0 saturated carbocycles. The normalized spacial score (nSPS) is 19.2. The standard InChI is InChI=1S/C25H36NO6.HI/c1-26(9-7-11-27)10-8-18-15-21(28-2)22(29-3)16-19(18)20(26)12-17-13-23(30-4)25(32-6)24(14-17)31-5;/h13-16,20,27H,7-12H2,1-6H3;1H/q+1;/p-1. The van der Waals surface area contributed by atoms with E-state index < -0.39 is 0 Å². The van der Waals surface area contributed by atoms with Crippen molar-refractivity contribution in [2.45, 2.75) is 25.3 Å². The number of likely N-dealkylation sites (N-methyl/N-ethyl adjacent to an activating group) is 1. The lowest BCUT2D eigenvalue weighted by molar-refractivity contribution is -0.941. The van der Waals surface area contributed by atoms with Crippen molar-refractivity contribution in [3.05, 3.63) is 41.0 Å². The number of quaternary nitrogens is 1. The smallest absolute Gasteiger partial charge is 0.203 e. The van der Waals surface area contributed by atoms with Gasteiger partial charge in [0.1, 0.15) is 6.04 Å². The number of rotatable bonds is 10. The Morgan fingerprint density at radius 2 is 1.42 bits per heavy atom. The highest BCUT2D eigenvalue weighted by Crippen LogP contribution is 2.44. The third-order valence-electron chi connectivity index (χ3n) is 6.63. The molecule has 2 aromatic rings. The molecule has 0 fully saturated rings. The van der Waals surface area contributed by atoms with Gasteiger partial charge in [0.05, 0.1) is 55.7 Å². The average Bonchev–Trinajstić information content (AvgIpc) is 2.83. The third-order valence-corrected chi connectivity index (χ3v) is 6.63. The fourth-order valence-electron chi connectivity index (χ4n) is 4.84. The largest absolute Gasteiger partial charge is 1.00 e. The van der Waals surface area contributed by atoms with Crippen LogP contribution in [0.2, 0.25) is 0 Å². The van der Waals surface area contributed by atoms with E-state index in [1.54, 1.807) is 35.5 Å². The first-order chi connectivity index (χ1) is 15.4. The molecular formula is C25H36INO6. The number of halogens is 1. The fraction of sp³-hybridized carbons (Fsp3) is 0.520. The van der Waals surface area contributed by atoms with Crippen molar-refractivity contribution in [2.24, 2.45) is 0 Å². The molecule has 0 radical (unpaired) electrons. The maximum atomic E-state index is 9.53. The zero-order valence-corrected chi connectivity index (χ0v) is 22.6. The Bertz CT molecular complexity index is 912. The summed E-state index contributed by atoms with van der Waals surface area (Å²) in [5, 5.41) is 9.53. The SMILES string of the molecule is COc1cc2c(cc1OC)C(Cc1cc(OC)c(OC)c(OC)c1)[N+](C)(CCCO)CC2.[I-]. The Kier molecular flexibility index (Phi) is 9.93. The molecule has 7 nitrogen and oxygen atoms in total. The number of fused-ring (bicyclic) bond motifs is 1. The molecular weight excluding hydrogens is 537 g/mol. The predicted molar refractivity (Wildman–Crippen MR) is 123 cm³/mol. The summed E-state index contributed by atoms with van der Waals surface area (Å²) in [5.74, 6) is 3.37. The summed E-state index contributed by atoms with van der Waals surface area (Å²) in [5.41, 5.74) is 3.63. The van der Waals surface area contributed by atoms with Crippen LogP contribution >= 0.6 is 0 Å². The zero-order chi connectivity index (χ0) is 23.3. The van der Waals surface area contributed by atoms with E-state index in [2.05, 4.69) is 19.2 Å². The van der Waals surface area contributed by atoms with Crippen LogP contribution in [0.1, 0.15) is 29.2 Å². The summed E-state index contributed by atoms with van der Waals surface area (Å²) < 4.78 is 28.7. The molecule has 1 N–H and O–H groups in total. The highest BCUT2D eigenvalue weighted by Gasteiger charge is 2.39. The first kappa shape index (κ1) is 27.3. The van der Waals surface area contributed by atoms with Crippen molar-refractivity contribution in [3.8, 4) is 28.7 Å². The second kappa shape index (κ2) is 12.0. The third kappa shape index (κ3) is 5.60. The second-order valence-electron chi connectivity index (χ2n) is 8.41. The second-order valence-corrected chi connectivity index (χ2v) is 8.41. The molecule has 8 heteroatoms. The van der Waals surface area contributed by atoms with Crippen LogP contribution in [0.3, 0.4) is 0 Å². The molecule has 2 aromatic carbocycles. The molecule has 1 aliphatic heterocycles. The molecule has 184 valence electrons. The van der Waals surface area contributed by atoms with E-state index in [-0.39, 0.29) is 36.6 Å². The number of aliphatic hydroxyl groups is 1. The van der Waals surface area contributed by atoms with Gasteiger partial charge in [-0.2, -0.15) is 0 Å². The monoisotopic (exact) mass is 573 g/mol. The van der Waals surface area contributed by atoms with E-state index in [9.17, 15) is 5.11 Å².